The van der Waals surface area contributed by atoms with E-state index in [1.807, 2.05) is 0 Å². The summed E-state index contributed by atoms with van der Waals surface area (Å²) >= 11 is 0. The molecule has 106 valence electrons. The van der Waals surface area contributed by atoms with Crippen molar-refractivity contribution in [1.82, 2.24) is 14.5 Å². The van der Waals surface area contributed by atoms with Gasteiger partial charge in [-0.15, -0.1) is 0 Å². The molecule has 1 aromatic rings. The van der Waals surface area contributed by atoms with E-state index in [9.17, 15) is 9.59 Å². The average Bonchev–Trinajstić information content (AvgIpc) is 2.36. The predicted octanol–water partition coefficient (Wildman–Crippen LogP) is 0.754. The largest absolute Gasteiger partial charge is 0.330 e. The van der Waals surface area contributed by atoms with Crippen molar-refractivity contribution in [3.8, 4) is 0 Å². The van der Waals surface area contributed by atoms with Crippen molar-refractivity contribution in [3.63, 3.8) is 0 Å². The van der Waals surface area contributed by atoms with Crippen molar-refractivity contribution in [2.24, 2.45) is 19.5 Å². The van der Waals surface area contributed by atoms with Crippen molar-refractivity contribution in [1.29, 1.82) is 0 Å². The molecule has 0 bridgehead atoms. The monoisotopic (exact) mass is 265 g/mol. The zero-order valence-corrected chi connectivity index (χ0v) is 12.0. The standard InChI is InChI=1S/C14H23N3O2/c1-4-14(6-5-7-14)10-15-9-11-8-12(18)17(3)13(19)16(11)2/h8,15H,4-7,9-10H2,1-3H3. The normalized spacial score (nSPS) is 17.2. The maximum atomic E-state index is 11.8. The summed E-state index contributed by atoms with van der Waals surface area (Å²) in [4.78, 5) is 23.4. The van der Waals surface area contributed by atoms with Crippen molar-refractivity contribution < 1.29 is 0 Å². The Bertz CT molecular complexity index is 562. The Kier molecular flexibility index (Phi) is 3.94. The molecule has 0 amide bonds. The summed E-state index contributed by atoms with van der Waals surface area (Å²) in [6, 6.07) is 1.54. The molecule has 0 saturated heterocycles. The van der Waals surface area contributed by atoms with Crippen LogP contribution in [0, 0.1) is 5.41 Å². The van der Waals surface area contributed by atoms with Gasteiger partial charge in [0.2, 0.25) is 0 Å². The number of aromatic nitrogens is 2. The third-order valence-electron chi connectivity index (χ3n) is 4.60. The number of rotatable bonds is 5. The molecular weight excluding hydrogens is 242 g/mol. The lowest BCUT2D eigenvalue weighted by molar-refractivity contribution is 0.123. The third-order valence-corrected chi connectivity index (χ3v) is 4.60. The Morgan fingerprint density at radius 2 is 1.95 bits per heavy atom. The van der Waals surface area contributed by atoms with Gasteiger partial charge in [0.1, 0.15) is 0 Å². The maximum Gasteiger partial charge on any atom is 0.330 e. The predicted molar refractivity (Wildman–Crippen MR) is 75.2 cm³/mol. The first-order valence-electron chi connectivity index (χ1n) is 6.96. The van der Waals surface area contributed by atoms with Crippen LogP contribution >= 0.6 is 0 Å². The molecule has 1 saturated carbocycles. The number of nitrogens with one attached hydrogen (secondary N) is 1. The molecule has 19 heavy (non-hydrogen) atoms. The summed E-state index contributed by atoms with van der Waals surface area (Å²) in [5.41, 5.74) is 0.684. The summed E-state index contributed by atoms with van der Waals surface area (Å²) in [5, 5.41) is 3.40. The molecule has 1 aliphatic rings. The third kappa shape index (κ3) is 2.66. The molecular formula is C14H23N3O2. The molecule has 0 spiro atoms. The van der Waals surface area contributed by atoms with Crippen molar-refractivity contribution in [2.75, 3.05) is 6.54 Å². The van der Waals surface area contributed by atoms with Crippen LogP contribution in [0.2, 0.25) is 0 Å². The van der Waals surface area contributed by atoms with Crippen LogP contribution in [0.25, 0.3) is 0 Å². The Labute approximate surface area is 113 Å². The van der Waals surface area contributed by atoms with Gasteiger partial charge in [0, 0.05) is 38.9 Å². The Hall–Kier alpha value is -1.36. The molecule has 0 aromatic carbocycles. The first-order valence-corrected chi connectivity index (χ1v) is 6.96. The van der Waals surface area contributed by atoms with Crippen LogP contribution in [0.3, 0.4) is 0 Å². The SMILES string of the molecule is CCC1(CNCc2cc(=O)n(C)c(=O)n2C)CCC1. The fourth-order valence-corrected chi connectivity index (χ4v) is 2.74. The van der Waals surface area contributed by atoms with E-state index in [4.69, 9.17) is 0 Å². The molecule has 0 aliphatic heterocycles. The van der Waals surface area contributed by atoms with Crippen LogP contribution in [0.5, 0.6) is 0 Å². The van der Waals surface area contributed by atoms with Crippen LogP contribution in [-0.4, -0.2) is 15.7 Å². The van der Waals surface area contributed by atoms with E-state index in [-0.39, 0.29) is 11.2 Å². The van der Waals surface area contributed by atoms with E-state index in [0.717, 1.165) is 16.8 Å². The summed E-state index contributed by atoms with van der Waals surface area (Å²) in [6.07, 6.45) is 5.08. The highest BCUT2D eigenvalue weighted by molar-refractivity contribution is 5.02. The van der Waals surface area contributed by atoms with Gasteiger partial charge in [0.05, 0.1) is 0 Å². The molecule has 1 aromatic heterocycles. The van der Waals surface area contributed by atoms with Gasteiger partial charge in [0.25, 0.3) is 5.56 Å². The van der Waals surface area contributed by atoms with Crippen LogP contribution in [-0.2, 0) is 20.6 Å². The minimum atomic E-state index is -0.266. The zero-order valence-electron chi connectivity index (χ0n) is 12.0. The van der Waals surface area contributed by atoms with Gasteiger partial charge < -0.3 is 5.32 Å². The fraction of sp³-hybridized carbons (Fsp3) is 0.714. The molecule has 1 heterocycles. The summed E-state index contributed by atoms with van der Waals surface area (Å²) < 4.78 is 2.66. The first-order chi connectivity index (χ1) is 8.99. The Balaban J connectivity index is 2.04. The van der Waals surface area contributed by atoms with E-state index >= 15 is 0 Å². The summed E-state index contributed by atoms with van der Waals surface area (Å²) in [6.45, 7) is 3.77. The minimum Gasteiger partial charge on any atom is -0.311 e. The lowest BCUT2D eigenvalue weighted by atomic mass is 9.67. The molecule has 1 aliphatic carbocycles. The van der Waals surface area contributed by atoms with Gasteiger partial charge in [-0.25, -0.2) is 4.79 Å². The first kappa shape index (κ1) is 14.1. The van der Waals surface area contributed by atoms with Gasteiger partial charge in [-0.1, -0.05) is 13.3 Å². The second kappa shape index (κ2) is 5.33. The van der Waals surface area contributed by atoms with E-state index in [1.54, 1.807) is 7.05 Å². The van der Waals surface area contributed by atoms with Crippen molar-refractivity contribution in [2.45, 2.75) is 39.2 Å². The lowest BCUT2D eigenvalue weighted by Gasteiger charge is -2.41. The molecule has 0 radical (unpaired) electrons. The van der Waals surface area contributed by atoms with Gasteiger partial charge in [0.15, 0.2) is 0 Å². The molecule has 0 atom stereocenters. The molecule has 0 unspecified atom stereocenters. The maximum absolute atomic E-state index is 11.8. The summed E-state index contributed by atoms with van der Waals surface area (Å²) in [5.74, 6) is 0. The van der Waals surface area contributed by atoms with Crippen molar-refractivity contribution >= 4 is 0 Å². The van der Waals surface area contributed by atoms with Crippen molar-refractivity contribution in [3.05, 3.63) is 32.6 Å². The highest BCUT2D eigenvalue weighted by atomic mass is 16.2. The second-order valence-corrected chi connectivity index (χ2v) is 5.69. The van der Waals surface area contributed by atoms with E-state index in [1.165, 1.54) is 43.4 Å². The van der Waals surface area contributed by atoms with Crippen LogP contribution in [0.4, 0.5) is 0 Å². The molecule has 1 fully saturated rings. The highest BCUT2D eigenvalue weighted by Gasteiger charge is 2.34. The average molecular weight is 265 g/mol. The van der Waals surface area contributed by atoms with Gasteiger partial charge in [-0.2, -0.15) is 0 Å². The topological polar surface area (TPSA) is 56.0 Å². The molecule has 5 heteroatoms. The Morgan fingerprint density at radius 1 is 1.26 bits per heavy atom. The van der Waals surface area contributed by atoms with Crippen LogP contribution in [0.15, 0.2) is 15.7 Å². The highest BCUT2D eigenvalue weighted by Crippen LogP contribution is 2.43. The summed E-state index contributed by atoms with van der Waals surface area (Å²) in [7, 11) is 3.21. The van der Waals surface area contributed by atoms with E-state index in [2.05, 4.69) is 12.2 Å². The van der Waals surface area contributed by atoms with Crippen LogP contribution < -0.4 is 16.6 Å². The quantitative estimate of drug-likeness (QED) is 0.855. The molecule has 5 nitrogen and oxygen atoms in total. The van der Waals surface area contributed by atoms with Crippen LogP contribution in [0.1, 0.15) is 38.3 Å². The number of nitrogens with zero attached hydrogens (tertiary/aromatic N) is 2. The van der Waals surface area contributed by atoms with Gasteiger partial charge >= 0.3 is 5.69 Å². The second-order valence-electron chi connectivity index (χ2n) is 5.69. The van der Waals surface area contributed by atoms with Gasteiger partial charge in [-0.05, 0) is 24.7 Å². The minimum absolute atomic E-state index is 0.242. The number of hydrogen-bond donors (Lipinski definition) is 1. The van der Waals surface area contributed by atoms with Gasteiger partial charge in [-0.3, -0.25) is 13.9 Å². The Morgan fingerprint density at radius 3 is 2.47 bits per heavy atom. The smallest absolute Gasteiger partial charge is 0.311 e. The molecule has 2 rings (SSSR count). The fourth-order valence-electron chi connectivity index (χ4n) is 2.74. The lowest BCUT2D eigenvalue weighted by Crippen LogP contribution is -2.42. The zero-order chi connectivity index (χ0) is 14.0. The van der Waals surface area contributed by atoms with E-state index < -0.39 is 0 Å². The number of hydrogen-bond acceptors (Lipinski definition) is 3. The molecule has 1 N–H and O–H groups in total. The van der Waals surface area contributed by atoms with E-state index in [0.29, 0.717) is 12.0 Å².